The Bertz CT molecular complexity index is 1280. The second-order valence-corrected chi connectivity index (χ2v) is 8.97. The van der Waals surface area contributed by atoms with Crippen molar-refractivity contribution in [3.05, 3.63) is 88.2 Å². The van der Waals surface area contributed by atoms with E-state index in [1.54, 1.807) is 0 Å². The molecule has 4 rings (SSSR count). The van der Waals surface area contributed by atoms with Gasteiger partial charge in [-0.3, -0.25) is 9.59 Å². The molecule has 0 saturated heterocycles. The molecule has 0 saturated carbocycles. The van der Waals surface area contributed by atoms with Crippen molar-refractivity contribution in [2.24, 2.45) is 0 Å². The van der Waals surface area contributed by atoms with E-state index in [-0.39, 0.29) is 12.1 Å². The highest BCUT2D eigenvalue weighted by Crippen LogP contribution is 2.29. The van der Waals surface area contributed by atoms with Gasteiger partial charge in [-0.1, -0.05) is 49.7 Å². The number of rotatable bonds is 8. The molecule has 0 bridgehead atoms. The zero-order valence-electron chi connectivity index (χ0n) is 20.3. The maximum absolute atomic E-state index is 13.4. The van der Waals surface area contributed by atoms with E-state index in [0.717, 1.165) is 30.0 Å². The average molecular weight is 513 g/mol. The molecule has 194 valence electrons. The predicted octanol–water partition coefficient (Wildman–Crippen LogP) is 4.74. The van der Waals surface area contributed by atoms with Gasteiger partial charge in [-0.05, 0) is 41.7 Å². The van der Waals surface area contributed by atoms with Crippen LogP contribution in [0.3, 0.4) is 0 Å². The van der Waals surface area contributed by atoms with Gasteiger partial charge in [-0.15, -0.1) is 0 Å². The molecule has 10 heteroatoms. The molecule has 7 nitrogen and oxygen atoms in total. The van der Waals surface area contributed by atoms with E-state index in [9.17, 15) is 27.9 Å². The first kappa shape index (κ1) is 26.1. The van der Waals surface area contributed by atoms with Crippen LogP contribution in [0.25, 0.3) is 0 Å². The number of alkyl halides is 3. The summed E-state index contributed by atoms with van der Waals surface area (Å²) in [6, 6.07) is 12.5. The number of nitrogens with zero attached hydrogens (tertiary/aromatic N) is 4. The maximum atomic E-state index is 13.4. The van der Waals surface area contributed by atoms with Crippen molar-refractivity contribution in [2.75, 3.05) is 18.0 Å². The van der Waals surface area contributed by atoms with Crippen LogP contribution in [0.15, 0.2) is 54.7 Å². The van der Waals surface area contributed by atoms with Gasteiger partial charge in [0.15, 0.2) is 0 Å². The standard InChI is InChI=1S/C27H27F3N4O3/c1-2-5-23-22(14-31-26(32-23)33-13-12-19-6-3-4-7-20(19)16-33)25(37)34(17-24(35)36)15-18-8-10-21(11-9-18)27(28,29)30/h3-4,6-11,14H,2,5,12-13,15-17H2,1H3,(H,35,36). The summed E-state index contributed by atoms with van der Waals surface area (Å²) in [6.07, 6.45) is -1.01. The third-order valence-electron chi connectivity index (χ3n) is 6.25. The summed E-state index contributed by atoms with van der Waals surface area (Å²) in [4.78, 5) is 37.2. The van der Waals surface area contributed by atoms with Crippen molar-refractivity contribution in [3.63, 3.8) is 0 Å². The minimum absolute atomic E-state index is 0.167. The second-order valence-electron chi connectivity index (χ2n) is 8.97. The lowest BCUT2D eigenvalue weighted by Crippen LogP contribution is -2.36. The Morgan fingerprint density at radius 3 is 2.43 bits per heavy atom. The molecule has 1 aromatic heterocycles. The summed E-state index contributed by atoms with van der Waals surface area (Å²) in [7, 11) is 0. The van der Waals surface area contributed by atoms with Crippen molar-refractivity contribution in [1.29, 1.82) is 0 Å². The fourth-order valence-electron chi connectivity index (χ4n) is 4.38. The highest BCUT2D eigenvalue weighted by molar-refractivity contribution is 5.96. The molecular formula is C27H27F3N4O3. The van der Waals surface area contributed by atoms with E-state index in [2.05, 4.69) is 22.1 Å². The number of halogens is 3. The van der Waals surface area contributed by atoms with E-state index >= 15 is 0 Å². The highest BCUT2D eigenvalue weighted by atomic mass is 19.4. The average Bonchev–Trinajstić information content (AvgIpc) is 2.87. The quantitative estimate of drug-likeness (QED) is 0.469. The summed E-state index contributed by atoms with van der Waals surface area (Å²) >= 11 is 0. The minimum atomic E-state index is -4.49. The van der Waals surface area contributed by atoms with Crippen LogP contribution in [0.5, 0.6) is 0 Å². The third-order valence-corrected chi connectivity index (χ3v) is 6.25. The lowest BCUT2D eigenvalue weighted by atomic mass is 10.0. The van der Waals surface area contributed by atoms with E-state index in [4.69, 9.17) is 0 Å². The smallest absolute Gasteiger partial charge is 0.416 e. The first-order chi connectivity index (χ1) is 17.7. The van der Waals surface area contributed by atoms with Gasteiger partial charge < -0.3 is 14.9 Å². The van der Waals surface area contributed by atoms with Crippen molar-refractivity contribution in [1.82, 2.24) is 14.9 Å². The topological polar surface area (TPSA) is 86.6 Å². The summed E-state index contributed by atoms with van der Waals surface area (Å²) in [5.41, 5.74) is 2.74. The van der Waals surface area contributed by atoms with Gasteiger partial charge in [-0.25, -0.2) is 9.97 Å². The summed E-state index contributed by atoms with van der Waals surface area (Å²) in [6.45, 7) is 2.54. The number of anilines is 1. The van der Waals surface area contributed by atoms with Crippen LogP contribution in [-0.2, 0) is 36.9 Å². The number of hydrogen-bond donors (Lipinski definition) is 1. The molecule has 3 aromatic rings. The van der Waals surface area contributed by atoms with Crippen molar-refractivity contribution < 1.29 is 27.9 Å². The largest absolute Gasteiger partial charge is 0.480 e. The number of aromatic nitrogens is 2. The number of fused-ring (bicyclic) bond motifs is 1. The number of benzene rings is 2. The molecule has 0 spiro atoms. The van der Waals surface area contributed by atoms with Crippen LogP contribution in [0.1, 0.15) is 51.7 Å². The molecule has 2 aromatic carbocycles. The molecule has 0 unspecified atom stereocenters. The fourth-order valence-corrected chi connectivity index (χ4v) is 4.38. The summed E-state index contributed by atoms with van der Waals surface area (Å²) in [5, 5.41) is 9.40. The van der Waals surface area contributed by atoms with E-state index in [1.165, 1.54) is 29.5 Å². The van der Waals surface area contributed by atoms with E-state index in [1.807, 2.05) is 24.0 Å². The molecule has 0 atom stereocenters. The number of carboxylic acid groups (broad SMARTS) is 1. The number of hydrogen-bond acceptors (Lipinski definition) is 5. The van der Waals surface area contributed by atoms with Crippen LogP contribution in [0.4, 0.5) is 19.1 Å². The zero-order valence-corrected chi connectivity index (χ0v) is 20.3. The predicted molar refractivity (Wildman–Crippen MR) is 131 cm³/mol. The monoisotopic (exact) mass is 512 g/mol. The number of aliphatic carboxylic acids is 1. The van der Waals surface area contributed by atoms with Gasteiger partial charge in [0.05, 0.1) is 16.8 Å². The van der Waals surface area contributed by atoms with Gasteiger partial charge in [0, 0.05) is 25.8 Å². The van der Waals surface area contributed by atoms with Crippen LogP contribution >= 0.6 is 0 Å². The number of aryl methyl sites for hydroxylation is 1. The molecule has 1 aliphatic rings. The van der Waals surface area contributed by atoms with Crippen molar-refractivity contribution >= 4 is 17.8 Å². The molecular weight excluding hydrogens is 485 g/mol. The van der Waals surface area contributed by atoms with Gasteiger partial charge in [0.1, 0.15) is 6.54 Å². The lowest BCUT2D eigenvalue weighted by molar-refractivity contribution is -0.138. The Kier molecular flexibility index (Phi) is 7.75. The van der Waals surface area contributed by atoms with Crippen LogP contribution in [-0.4, -0.2) is 44.9 Å². The van der Waals surface area contributed by atoms with Crippen molar-refractivity contribution in [2.45, 2.75) is 45.5 Å². The molecule has 0 fully saturated rings. The molecule has 1 amide bonds. The third kappa shape index (κ3) is 6.25. The van der Waals surface area contributed by atoms with Gasteiger partial charge in [-0.2, -0.15) is 13.2 Å². The highest BCUT2D eigenvalue weighted by Gasteiger charge is 2.30. The number of carbonyl (C=O) groups excluding carboxylic acids is 1. The van der Waals surface area contributed by atoms with Gasteiger partial charge in [0.2, 0.25) is 5.95 Å². The zero-order chi connectivity index (χ0) is 26.6. The first-order valence-electron chi connectivity index (χ1n) is 12.0. The fraction of sp³-hybridized carbons (Fsp3) is 0.333. The second kappa shape index (κ2) is 11.0. The number of amides is 1. The maximum Gasteiger partial charge on any atom is 0.416 e. The van der Waals surface area contributed by atoms with Crippen molar-refractivity contribution in [3.8, 4) is 0 Å². The SMILES string of the molecule is CCCc1nc(N2CCc3ccccc3C2)ncc1C(=O)N(CC(=O)O)Cc1ccc(C(F)(F)F)cc1. The molecule has 0 radical (unpaired) electrons. The van der Waals surface area contributed by atoms with E-state index < -0.39 is 30.2 Å². The molecule has 37 heavy (non-hydrogen) atoms. The minimum Gasteiger partial charge on any atom is -0.480 e. The Balaban J connectivity index is 1.59. The normalized spacial score (nSPS) is 13.2. The Morgan fingerprint density at radius 2 is 1.78 bits per heavy atom. The Labute approximate surface area is 212 Å². The van der Waals surface area contributed by atoms with Crippen LogP contribution < -0.4 is 4.90 Å². The first-order valence-corrected chi connectivity index (χ1v) is 12.0. The Hall–Kier alpha value is -3.95. The summed E-state index contributed by atoms with van der Waals surface area (Å²) in [5.74, 6) is -1.31. The van der Waals surface area contributed by atoms with Crippen LogP contribution in [0, 0.1) is 0 Å². The van der Waals surface area contributed by atoms with E-state index in [0.29, 0.717) is 36.6 Å². The van der Waals surface area contributed by atoms with Crippen LogP contribution in [0.2, 0.25) is 0 Å². The van der Waals surface area contributed by atoms with Gasteiger partial charge >= 0.3 is 12.1 Å². The molecule has 1 aliphatic heterocycles. The lowest BCUT2D eigenvalue weighted by Gasteiger charge is -2.29. The molecule has 2 heterocycles. The van der Waals surface area contributed by atoms with Gasteiger partial charge in [0.25, 0.3) is 5.91 Å². The summed E-state index contributed by atoms with van der Waals surface area (Å²) < 4.78 is 38.7. The number of carbonyl (C=O) groups is 2. The Morgan fingerprint density at radius 1 is 1.08 bits per heavy atom. The molecule has 1 N–H and O–H groups in total. The molecule has 0 aliphatic carbocycles. The number of carboxylic acids is 1.